The van der Waals surface area contributed by atoms with Gasteiger partial charge in [-0.1, -0.05) is 42.5 Å². The van der Waals surface area contributed by atoms with Crippen molar-refractivity contribution >= 4 is 5.97 Å². The predicted molar refractivity (Wildman–Crippen MR) is 137 cm³/mol. The Hall–Kier alpha value is -3.63. The van der Waals surface area contributed by atoms with Crippen molar-refractivity contribution in [3.63, 3.8) is 0 Å². The maximum atomic E-state index is 10.7. The van der Waals surface area contributed by atoms with Crippen molar-refractivity contribution in [2.75, 3.05) is 20.3 Å². The van der Waals surface area contributed by atoms with Gasteiger partial charge in [0.25, 0.3) is 0 Å². The molecule has 3 aromatic rings. The Kier molecular flexibility index (Phi) is 8.75. The summed E-state index contributed by atoms with van der Waals surface area (Å²) < 4.78 is 13.0. The Morgan fingerprint density at radius 3 is 2.50 bits per heavy atom. The van der Waals surface area contributed by atoms with Crippen molar-refractivity contribution in [2.24, 2.45) is 11.8 Å². The van der Waals surface area contributed by atoms with Crippen LogP contribution in [-0.4, -0.2) is 41.2 Å². The van der Waals surface area contributed by atoms with Crippen molar-refractivity contribution in [3.05, 3.63) is 60.3 Å². The number of methoxy groups -OCH3 is 1. The zero-order valence-electron chi connectivity index (χ0n) is 20.7. The SMILES string of the molecule is COc1cccc(-c2c(CCC#N)nn(C[C@H]3CC[C@@H](COCC(=O)O)CC3)c2-c2ccccc2)c1. The Morgan fingerprint density at radius 2 is 1.81 bits per heavy atom. The number of carboxylic acid groups (broad SMARTS) is 1. The van der Waals surface area contributed by atoms with Crippen LogP contribution in [0, 0.1) is 23.2 Å². The molecule has 1 aliphatic rings. The third-order valence-electron chi connectivity index (χ3n) is 6.88. The van der Waals surface area contributed by atoms with Crippen LogP contribution in [-0.2, 0) is 22.5 Å². The minimum Gasteiger partial charge on any atom is -0.497 e. The average molecular weight is 488 g/mol. The minimum atomic E-state index is -0.921. The minimum absolute atomic E-state index is 0.230. The number of carboxylic acids is 1. The Balaban J connectivity index is 1.63. The molecule has 0 unspecified atom stereocenters. The van der Waals surface area contributed by atoms with Crippen molar-refractivity contribution < 1.29 is 19.4 Å². The van der Waals surface area contributed by atoms with Crippen LogP contribution in [0.15, 0.2) is 54.6 Å². The molecular weight excluding hydrogens is 454 g/mol. The van der Waals surface area contributed by atoms with Gasteiger partial charge in [0.05, 0.1) is 31.2 Å². The molecule has 1 aliphatic carbocycles. The Bertz CT molecular complexity index is 1190. The van der Waals surface area contributed by atoms with E-state index in [4.69, 9.17) is 19.7 Å². The zero-order valence-corrected chi connectivity index (χ0v) is 20.7. The molecule has 1 aromatic heterocycles. The average Bonchev–Trinajstić information content (AvgIpc) is 3.26. The fraction of sp³-hybridized carbons (Fsp3) is 0.414. The maximum Gasteiger partial charge on any atom is 0.329 e. The molecule has 0 spiro atoms. The van der Waals surface area contributed by atoms with Crippen molar-refractivity contribution in [3.8, 4) is 34.2 Å². The first-order valence-electron chi connectivity index (χ1n) is 12.5. The first kappa shape index (κ1) is 25.5. The highest BCUT2D eigenvalue weighted by molar-refractivity contribution is 5.83. The molecule has 7 nitrogen and oxygen atoms in total. The highest BCUT2D eigenvalue weighted by atomic mass is 16.5. The second-order valence-corrected chi connectivity index (χ2v) is 9.40. The second kappa shape index (κ2) is 12.4. The van der Waals surface area contributed by atoms with Gasteiger partial charge in [-0.3, -0.25) is 4.68 Å². The van der Waals surface area contributed by atoms with Gasteiger partial charge in [0.2, 0.25) is 0 Å². The van der Waals surface area contributed by atoms with Gasteiger partial charge in [-0.2, -0.15) is 10.4 Å². The zero-order chi connectivity index (χ0) is 25.3. The molecule has 0 amide bonds. The van der Waals surface area contributed by atoms with Crippen LogP contribution in [0.3, 0.4) is 0 Å². The van der Waals surface area contributed by atoms with Gasteiger partial charge in [0.1, 0.15) is 12.4 Å². The molecule has 0 aliphatic heterocycles. The number of benzene rings is 2. The van der Waals surface area contributed by atoms with E-state index < -0.39 is 5.97 Å². The summed E-state index contributed by atoms with van der Waals surface area (Å²) in [6, 6.07) is 20.6. The van der Waals surface area contributed by atoms with Crippen LogP contribution in [0.1, 0.15) is 37.8 Å². The molecule has 4 rings (SSSR count). The van der Waals surface area contributed by atoms with E-state index in [-0.39, 0.29) is 6.61 Å². The molecule has 1 N–H and O–H groups in total. The summed E-state index contributed by atoms with van der Waals surface area (Å²) >= 11 is 0. The van der Waals surface area contributed by atoms with Gasteiger partial charge in [-0.15, -0.1) is 0 Å². The second-order valence-electron chi connectivity index (χ2n) is 9.40. The maximum absolute atomic E-state index is 10.7. The lowest BCUT2D eigenvalue weighted by molar-refractivity contribution is -0.142. The first-order valence-corrected chi connectivity index (χ1v) is 12.5. The predicted octanol–water partition coefficient (Wildman–Crippen LogP) is 5.59. The molecule has 2 aromatic carbocycles. The summed E-state index contributed by atoms with van der Waals surface area (Å²) in [4.78, 5) is 10.7. The van der Waals surface area contributed by atoms with Crippen LogP contribution in [0.4, 0.5) is 0 Å². The molecule has 0 bridgehead atoms. The van der Waals surface area contributed by atoms with E-state index in [0.717, 1.165) is 66.1 Å². The van der Waals surface area contributed by atoms with Gasteiger partial charge in [-0.25, -0.2) is 4.79 Å². The van der Waals surface area contributed by atoms with Crippen LogP contribution >= 0.6 is 0 Å². The molecule has 0 saturated heterocycles. The van der Waals surface area contributed by atoms with Crippen molar-refractivity contribution in [1.29, 1.82) is 5.26 Å². The molecule has 1 heterocycles. The van der Waals surface area contributed by atoms with E-state index in [1.165, 1.54) is 0 Å². The number of rotatable bonds is 11. The molecule has 0 atom stereocenters. The molecule has 7 heteroatoms. The number of hydrogen-bond acceptors (Lipinski definition) is 5. The smallest absolute Gasteiger partial charge is 0.329 e. The van der Waals surface area contributed by atoms with Gasteiger partial charge in [0, 0.05) is 30.5 Å². The van der Waals surface area contributed by atoms with Crippen LogP contribution in [0.2, 0.25) is 0 Å². The van der Waals surface area contributed by atoms with Crippen LogP contribution in [0.5, 0.6) is 5.75 Å². The van der Waals surface area contributed by atoms with Gasteiger partial charge in [-0.05, 0) is 55.2 Å². The largest absolute Gasteiger partial charge is 0.497 e. The Labute approximate surface area is 212 Å². The monoisotopic (exact) mass is 487 g/mol. The summed E-state index contributed by atoms with van der Waals surface area (Å²) in [5.74, 6) is 0.749. The number of ether oxygens (including phenoxy) is 2. The number of nitrogens with zero attached hydrogens (tertiary/aromatic N) is 3. The number of aromatic nitrogens is 2. The topological polar surface area (TPSA) is 97.4 Å². The summed E-state index contributed by atoms with van der Waals surface area (Å²) in [5.41, 5.74) is 5.20. The van der Waals surface area contributed by atoms with Gasteiger partial charge < -0.3 is 14.6 Å². The van der Waals surface area contributed by atoms with E-state index >= 15 is 0 Å². The highest BCUT2D eigenvalue weighted by Gasteiger charge is 2.26. The highest BCUT2D eigenvalue weighted by Crippen LogP contribution is 2.39. The number of aliphatic carboxylic acids is 1. The number of carbonyl (C=O) groups is 1. The molecule has 1 saturated carbocycles. The fourth-order valence-corrected chi connectivity index (χ4v) is 5.10. The van der Waals surface area contributed by atoms with E-state index in [9.17, 15) is 10.1 Å². The van der Waals surface area contributed by atoms with Crippen molar-refractivity contribution in [2.45, 2.75) is 45.1 Å². The normalized spacial score (nSPS) is 17.4. The standard InChI is InChI=1S/C29H33N3O4/c1-35-25-10-5-9-24(17-25)28-26(11-6-16-30)31-32(29(28)23-7-3-2-4-8-23)18-21-12-14-22(15-13-21)19-36-20-27(33)34/h2-5,7-10,17,21-22H,6,11-15,18-20H2,1H3,(H,33,34)/t21-,22+. The van der Waals surface area contributed by atoms with E-state index in [1.54, 1.807) is 7.11 Å². The van der Waals surface area contributed by atoms with E-state index in [2.05, 4.69) is 29.0 Å². The summed E-state index contributed by atoms with van der Waals surface area (Å²) in [5, 5.41) is 23.2. The molecule has 0 radical (unpaired) electrons. The lowest BCUT2D eigenvalue weighted by Gasteiger charge is -2.28. The number of nitriles is 1. The summed E-state index contributed by atoms with van der Waals surface area (Å²) in [7, 11) is 1.67. The lowest BCUT2D eigenvalue weighted by Crippen LogP contribution is -2.23. The van der Waals surface area contributed by atoms with E-state index in [0.29, 0.717) is 31.3 Å². The van der Waals surface area contributed by atoms with Crippen LogP contribution < -0.4 is 4.74 Å². The molecule has 1 fully saturated rings. The molecular formula is C29H33N3O4. The quantitative estimate of drug-likeness (QED) is 0.379. The third kappa shape index (κ3) is 6.32. The lowest BCUT2D eigenvalue weighted by atomic mass is 9.82. The molecule has 188 valence electrons. The molecule has 36 heavy (non-hydrogen) atoms. The third-order valence-corrected chi connectivity index (χ3v) is 6.88. The summed E-state index contributed by atoms with van der Waals surface area (Å²) in [6.45, 7) is 1.08. The van der Waals surface area contributed by atoms with Gasteiger partial charge >= 0.3 is 5.97 Å². The van der Waals surface area contributed by atoms with E-state index in [1.807, 2.05) is 36.4 Å². The van der Waals surface area contributed by atoms with Gasteiger partial charge in [0.15, 0.2) is 0 Å². The van der Waals surface area contributed by atoms with Crippen molar-refractivity contribution in [1.82, 2.24) is 9.78 Å². The van der Waals surface area contributed by atoms with Crippen LogP contribution in [0.25, 0.3) is 22.4 Å². The number of aryl methyl sites for hydroxylation is 1. The fourth-order valence-electron chi connectivity index (χ4n) is 5.10. The first-order chi connectivity index (χ1) is 17.6. The Morgan fingerprint density at radius 1 is 1.08 bits per heavy atom. The summed E-state index contributed by atoms with van der Waals surface area (Å²) in [6.07, 6.45) is 5.15. The number of hydrogen-bond donors (Lipinski definition) is 1.